The first-order valence-corrected chi connectivity index (χ1v) is 8.09. The number of carbonyl (C=O) groups excluding carboxylic acids is 1. The summed E-state index contributed by atoms with van der Waals surface area (Å²) in [4.78, 5) is 26.3. The van der Waals surface area contributed by atoms with Gasteiger partial charge in [0.2, 0.25) is 0 Å². The fraction of sp³-hybridized carbons (Fsp3) is 0.278. The molecule has 0 saturated carbocycles. The van der Waals surface area contributed by atoms with E-state index in [9.17, 15) is 14.9 Å². The number of piperazine rings is 1. The molecule has 3 rings (SSSR count). The summed E-state index contributed by atoms with van der Waals surface area (Å²) in [5, 5.41) is 10.6. The van der Waals surface area contributed by atoms with E-state index in [1.54, 1.807) is 4.90 Å². The molecule has 1 saturated heterocycles. The van der Waals surface area contributed by atoms with E-state index in [1.165, 1.54) is 29.8 Å². The maximum atomic E-state index is 12.2. The molecule has 130 valence electrons. The van der Waals surface area contributed by atoms with Crippen LogP contribution in [0.15, 0.2) is 54.6 Å². The molecular formula is C18H19N3O4. The minimum atomic E-state index is -0.489. The smallest absolute Gasteiger partial charge is 0.410 e. The standard InChI is InChI=1S/C18H19N3O4/c22-18(25-17-8-6-16(7-9-17)21(23)24)20-12-10-19(11-13-20)14-15-4-2-1-3-5-15/h1-9H,10-14H2. The average Bonchev–Trinajstić information content (AvgIpc) is 2.63. The molecule has 0 N–H and O–H groups in total. The Hall–Kier alpha value is -2.93. The molecule has 7 nitrogen and oxygen atoms in total. The molecule has 0 unspecified atom stereocenters. The Morgan fingerprint density at radius 1 is 1.00 bits per heavy atom. The van der Waals surface area contributed by atoms with Gasteiger partial charge in [-0.05, 0) is 17.7 Å². The van der Waals surface area contributed by atoms with Crippen molar-refractivity contribution in [3.8, 4) is 5.75 Å². The van der Waals surface area contributed by atoms with Gasteiger partial charge in [-0.15, -0.1) is 0 Å². The van der Waals surface area contributed by atoms with E-state index < -0.39 is 11.0 Å². The molecule has 1 aliphatic heterocycles. The molecule has 0 radical (unpaired) electrons. The highest BCUT2D eigenvalue weighted by molar-refractivity contribution is 5.71. The Balaban J connectivity index is 1.49. The van der Waals surface area contributed by atoms with E-state index in [-0.39, 0.29) is 5.69 Å². The van der Waals surface area contributed by atoms with Crippen molar-refractivity contribution in [3.63, 3.8) is 0 Å². The van der Waals surface area contributed by atoms with Gasteiger partial charge in [0, 0.05) is 44.9 Å². The van der Waals surface area contributed by atoms with Crippen molar-refractivity contribution in [2.75, 3.05) is 26.2 Å². The lowest BCUT2D eigenvalue weighted by molar-refractivity contribution is -0.384. The van der Waals surface area contributed by atoms with Crippen molar-refractivity contribution in [3.05, 3.63) is 70.3 Å². The van der Waals surface area contributed by atoms with E-state index in [2.05, 4.69) is 17.0 Å². The van der Waals surface area contributed by atoms with Crippen LogP contribution in [0.2, 0.25) is 0 Å². The van der Waals surface area contributed by atoms with Gasteiger partial charge in [0.15, 0.2) is 0 Å². The normalized spacial score (nSPS) is 15.0. The Labute approximate surface area is 145 Å². The van der Waals surface area contributed by atoms with Crippen LogP contribution in [0.5, 0.6) is 5.75 Å². The molecular weight excluding hydrogens is 322 g/mol. The van der Waals surface area contributed by atoms with Gasteiger partial charge in [-0.2, -0.15) is 0 Å². The fourth-order valence-corrected chi connectivity index (χ4v) is 2.73. The Morgan fingerprint density at radius 2 is 1.64 bits per heavy atom. The highest BCUT2D eigenvalue weighted by atomic mass is 16.6. The van der Waals surface area contributed by atoms with Gasteiger partial charge in [-0.1, -0.05) is 30.3 Å². The molecule has 7 heteroatoms. The van der Waals surface area contributed by atoms with Crippen molar-refractivity contribution < 1.29 is 14.5 Å². The minimum absolute atomic E-state index is 0.0330. The first-order chi connectivity index (χ1) is 12.1. The number of benzene rings is 2. The zero-order valence-electron chi connectivity index (χ0n) is 13.7. The van der Waals surface area contributed by atoms with Gasteiger partial charge in [0.25, 0.3) is 5.69 Å². The Kier molecular flexibility index (Phi) is 5.25. The number of hydrogen-bond acceptors (Lipinski definition) is 5. The van der Waals surface area contributed by atoms with E-state index in [0.29, 0.717) is 18.8 Å². The van der Waals surface area contributed by atoms with Gasteiger partial charge in [0.05, 0.1) is 4.92 Å². The number of hydrogen-bond donors (Lipinski definition) is 0. The van der Waals surface area contributed by atoms with Crippen molar-refractivity contribution >= 4 is 11.8 Å². The lowest BCUT2D eigenvalue weighted by Gasteiger charge is -2.34. The third kappa shape index (κ3) is 4.54. The van der Waals surface area contributed by atoms with Crippen LogP contribution in [0.4, 0.5) is 10.5 Å². The topological polar surface area (TPSA) is 75.9 Å². The number of amides is 1. The quantitative estimate of drug-likeness (QED) is 0.631. The Bertz CT molecular complexity index is 726. The third-order valence-corrected chi connectivity index (χ3v) is 4.13. The number of ether oxygens (including phenoxy) is 1. The second-order valence-corrected chi connectivity index (χ2v) is 5.87. The summed E-state index contributed by atoms with van der Waals surface area (Å²) in [5.74, 6) is 0.308. The average molecular weight is 341 g/mol. The maximum absolute atomic E-state index is 12.2. The van der Waals surface area contributed by atoms with Gasteiger partial charge in [-0.3, -0.25) is 15.0 Å². The molecule has 0 aliphatic carbocycles. The molecule has 1 fully saturated rings. The van der Waals surface area contributed by atoms with Crippen molar-refractivity contribution in [2.24, 2.45) is 0 Å². The molecule has 0 bridgehead atoms. The van der Waals surface area contributed by atoms with Crippen LogP contribution in [0.3, 0.4) is 0 Å². The molecule has 2 aromatic rings. The number of rotatable bonds is 4. The summed E-state index contributed by atoms with van der Waals surface area (Å²) >= 11 is 0. The van der Waals surface area contributed by atoms with E-state index in [1.807, 2.05) is 18.2 Å². The van der Waals surface area contributed by atoms with E-state index >= 15 is 0 Å². The summed E-state index contributed by atoms with van der Waals surface area (Å²) < 4.78 is 5.29. The second kappa shape index (κ2) is 7.76. The van der Waals surface area contributed by atoms with Crippen molar-refractivity contribution in [1.29, 1.82) is 0 Å². The van der Waals surface area contributed by atoms with Crippen molar-refractivity contribution in [1.82, 2.24) is 9.80 Å². The second-order valence-electron chi connectivity index (χ2n) is 5.87. The van der Waals surface area contributed by atoms with Crippen LogP contribution in [0.1, 0.15) is 5.56 Å². The van der Waals surface area contributed by atoms with Gasteiger partial charge >= 0.3 is 6.09 Å². The minimum Gasteiger partial charge on any atom is -0.410 e. The van der Waals surface area contributed by atoms with Crippen LogP contribution in [-0.2, 0) is 6.54 Å². The Morgan fingerprint density at radius 3 is 2.24 bits per heavy atom. The summed E-state index contributed by atoms with van der Waals surface area (Å²) in [5.41, 5.74) is 1.22. The fourth-order valence-electron chi connectivity index (χ4n) is 2.73. The summed E-state index contributed by atoms with van der Waals surface area (Å²) in [6, 6.07) is 15.7. The molecule has 0 aromatic heterocycles. The highest BCUT2D eigenvalue weighted by Gasteiger charge is 2.22. The van der Waals surface area contributed by atoms with Crippen LogP contribution in [-0.4, -0.2) is 47.0 Å². The zero-order valence-corrected chi connectivity index (χ0v) is 13.7. The monoisotopic (exact) mass is 341 g/mol. The van der Waals surface area contributed by atoms with Crippen LogP contribution >= 0.6 is 0 Å². The first kappa shape index (κ1) is 16.9. The molecule has 1 heterocycles. The number of nitro benzene ring substituents is 1. The summed E-state index contributed by atoms with van der Waals surface area (Å²) in [6.07, 6.45) is -0.423. The van der Waals surface area contributed by atoms with Crippen LogP contribution in [0, 0.1) is 10.1 Å². The molecule has 1 aliphatic rings. The largest absolute Gasteiger partial charge is 0.415 e. The SMILES string of the molecule is O=C(Oc1ccc([N+](=O)[O-])cc1)N1CCN(Cc2ccccc2)CC1. The van der Waals surface area contributed by atoms with Gasteiger partial charge in [-0.25, -0.2) is 4.79 Å². The number of nitrogens with zero attached hydrogens (tertiary/aromatic N) is 3. The predicted octanol–water partition coefficient (Wildman–Crippen LogP) is 2.91. The molecule has 1 amide bonds. The lowest BCUT2D eigenvalue weighted by Crippen LogP contribution is -2.49. The predicted molar refractivity (Wildman–Crippen MR) is 92.4 cm³/mol. The molecule has 0 spiro atoms. The van der Waals surface area contributed by atoms with Crippen molar-refractivity contribution in [2.45, 2.75) is 6.54 Å². The van der Waals surface area contributed by atoms with E-state index in [0.717, 1.165) is 19.6 Å². The number of nitro groups is 1. The maximum Gasteiger partial charge on any atom is 0.415 e. The zero-order chi connectivity index (χ0) is 17.6. The van der Waals surface area contributed by atoms with Gasteiger partial charge < -0.3 is 9.64 Å². The lowest BCUT2D eigenvalue weighted by atomic mass is 10.2. The highest BCUT2D eigenvalue weighted by Crippen LogP contribution is 2.18. The summed E-state index contributed by atoms with van der Waals surface area (Å²) in [6.45, 7) is 3.62. The van der Waals surface area contributed by atoms with E-state index in [4.69, 9.17) is 4.74 Å². The molecule has 25 heavy (non-hydrogen) atoms. The first-order valence-electron chi connectivity index (χ1n) is 8.09. The van der Waals surface area contributed by atoms with Crippen LogP contribution < -0.4 is 4.74 Å². The van der Waals surface area contributed by atoms with Crippen LogP contribution in [0.25, 0.3) is 0 Å². The summed E-state index contributed by atoms with van der Waals surface area (Å²) in [7, 11) is 0. The van der Waals surface area contributed by atoms with Gasteiger partial charge in [0.1, 0.15) is 5.75 Å². The third-order valence-electron chi connectivity index (χ3n) is 4.13. The molecule has 0 atom stereocenters. The number of non-ortho nitro benzene ring substituents is 1. The number of carbonyl (C=O) groups is 1. The molecule has 2 aromatic carbocycles.